The van der Waals surface area contributed by atoms with Gasteiger partial charge in [-0.1, -0.05) is 44.2 Å². The number of pyridine rings is 2. The molecule has 0 aliphatic heterocycles. The standard InChI is InChI=1S/C26H26N4O4S/c1-4-29(5-2)35(33,34)20-12-9-11-19(16-20)30-25(31)22-14-7-6-13-21(22)23(26(30)32)17-27-24-15-8-10-18(3)28-24/h6-17,32H,4-5H2,1-3H3. The summed E-state index contributed by atoms with van der Waals surface area (Å²) in [5, 5.41) is 12.1. The van der Waals surface area contributed by atoms with Crippen molar-refractivity contribution in [3.8, 4) is 11.6 Å². The largest absolute Gasteiger partial charge is 0.494 e. The quantitative estimate of drug-likeness (QED) is 0.391. The topological polar surface area (TPSA) is 105 Å². The number of aromatic hydroxyl groups is 1. The van der Waals surface area contributed by atoms with E-state index in [0.29, 0.717) is 35.2 Å². The highest BCUT2D eigenvalue weighted by Crippen LogP contribution is 2.28. The Morgan fingerprint density at radius 1 is 1.00 bits per heavy atom. The van der Waals surface area contributed by atoms with E-state index in [1.165, 1.54) is 22.7 Å². The molecule has 0 aliphatic rings. The van der Waals surface area contributed by atoms with Crippen LogP contribution in [0.3, 0.4) is 0 Å². The summed E-state index contributed by atoms with van der Waals surface area (Å²) in [5.41, 5.74) is 0.876. The average Bonchev–Trinajstić information content (AvgIpc) is 2.85. The van der Waals surface area contributed by atoms with E-state index in [-0.39, 0.29) is 16.5 Å². The molecular weight excluding hydrogens is 464 g/mol. The zero-order chi connectivity index (χ0) is 25.2. The lowest BCUT2D eigenvalue weighted by Gasteiger charge is -2.19. The number of hydrogen-bond donors (Lipinski definition) is 1. The van der Waals surface area contributed by atoms with E-state index >= 15 is 0 Å². The van der Waals surface area contributed by atoms with Crippen LogP contribution in [0.25, 0.3) is 16.5 Å². The monoisotopic (exact) mass is 490 g/mol. The first-order valence-electron chi connectivity index (χ1n) is 11.2. The Balaban J connectivity index is 1.94. The van der Waals surface area contributed by atoms with Gasteiger partial charge in [-0.05, 0) is 43.3 Å². The number of aliphatic imine (C=N–C) groups is 1. The van der Waals surface area contributed by atoms with Gasteiger partial charge in [-0.2, -0.15) is 4.31 Å². The van der Waals surface area contributed by atoms with Crippen LogP contribution >= 0.6 is 0 Å². The van der Waals surface area contributed by atoms with Crippen LogP contribution in [0.5, 0.6) is 5.88 Å². The summed E-state index contributed by atoms with van der Waals surface area (Å²) in [6, 6.07) is 18.3. The Morgan fingerprint density at radius 2 is 1.69 bits per heavy atom. The highest BCUT2D eigenvalue weighted by atomic mass is 32.2. The van der Waals surface area contributed by atoms with Gasteiger partial charge in [-0.3, -0.25) is 4.79 Å². The van der Waals surface area contributed by atoms with E-state index in [4.69, 9.17) is 0 Å². The Hall–Kier alpha value is -3.82. The minimum absolute atomic E-state index is 0.0392. The number of sulfonamides is 1. The number of rotatable bonds is 7. The van der Waals surface area contributed by atoms with Crippen molar-refractivity contribution in [3.63, 3.8) is 0 Å². The molecule has 0 spiro atoms. The number of aryl methyl sites for hydroxylation is 1. The molecule has 2 aromatic heterocycles. The van der Waals surface area contributed by atoms with Crippen molar-refractivity contribution < 1.29 is 13.5 Å². The van der Waals surface area contributed by atoms with Crippen molar-refractivity contribution >= 4 is 32.8 Å². The molecule has 1 N–H and O–H groups in total. The molecule has 2 aromatic carbocycles. The predicted octanol–water partition coefficient (Wildman–Crippen LogP) is 4.18. The van der Waals surface area contributed by atoms with Crippen LogP contribution in [-0.2, 0) is 10.0 Å². The fraction of sp³-hybridized carbons (Fsp3) is 0.192. The van der Waals surface area contributed by atoms with E-state index in [9.17, 15) is 18.3 Å². The van der Waals surface area contributed by atoms with Gasteiger partial charge in [-0.15, -0.1) is 0 Å². The summed E-state index contributed by atoms with van der Waals surface area (Å²) in [6.45, 7) is 6.01. The fourth-order valence-corrected chi connectivity index (χ4v) is 5.45. The molecule has 0 atom stereocenters. The van der Waals surface area contributed by atoms with Crippen LogP contribution in [0.4, 0.5) is 5.82 Å². The highest BCUT2D eigenvalue weighted by molar-refractivity contribution is 7.89. The zero-order valence-corrected chi connectivity index (χ0v) is 20.5. The molecule has 4 rings (SSSR count). The number of fused-ring (bicyclic) bond motifs is 1. The minimum Gasteiger partial charge on any atom is -0.494 e. The van der Waals surface area contributed by atoms with Crippen LogP contribution in [0.15, 0.2) is 81.4 Å². The first kappa shape index (κ1) is 24.3. The van der Waals surface area contributed by atoms with E-state index in [2.05, 4.69) is 9.98 Å². The summed E-state index contributed by atoms with van der Waals surface area (Å²) in [7, 11) is -3.76. The highest BCUT2D eigenvalue weighted by Gasteiger charge is 2.23. The average molecular weight is 491 g/mol. The van der Waals surface area contributed by atoms with Crippen molar-refractivity contribution in [2.75, 3.05) is 13.1 Å². The summed E-state index contributed by atoms with van der Waals surface area (Å²) >= 11 is 0. The van der Waals surface area contributed by atoms with Gasteiger partial charge in [0.25, 0.3) is 5.56 Å². The molecule has 0 bridgehead atoms. The van der Waals surface area contributed by atoms with Gasteiger partial charge in [0.2, 0.25) is 15.9 Å². The van der Waals surface area contributed by atoms with Crippen LogP contribution in [0, 0.1) is 6.92 Å². The van der Waals surface area contributed by atoms with Gasteiger partial charge in [0.05, 0.1) is 16.1 Å². The lowest BCUT2D eigenvalue weighted by Crippen LogP contribution is -2.30. The molecule has 0 saturated heterocycles. The van der Waals surface area contributed by atoms with E-state index < -0.39 is 15.6 Å². The summed E-state index contributed by atoms with van der Waals surface area (Å²) in [6.07, 6.45) is 1.46. The van der Waals surface area contributed by atoms with Gasteiger partial charge in [0.1, 0.15) is 0 Å². The number of nitrogens with zero attached hydrogens (tertiary/aromatic N) is 4. The maximum absolute atomic E-state index is 13.4. The lowest BCUT2D eigenvalue weighted by molar-refractivity contribution is 0.435. The Bertz CT molecular complexity index is 1590. The summed E-state index contributed by atoms with van der Waals surface area (Å²) in [4.78, 5) is 22.2. The third-order valence-corrected chi connectivity index (χ3v) is 7.77. The van der Waals surface area contributed by atoms with Crippen molar-refractivity contribution in [1.82, 2.24) is 13.9 Å². The first-order chi connectivity index (χ1) is 16.8. The van der Waals surface area contributed by atoms with E-state index in [0.717, 1.165) is 10.3 Å². The van der Waals surface area contributed by atoms with Crippen LogP contribution in [-0.4, -0.2) is 46.7 Å². The fourth-order valence-electron chi connectivity index (χ4n) is 3.96. The molecule has 0 unspecified atom stereocenters. The number of aromatic nitrogens is 2. The van der Waals surface area contributed by atoms with Gasteiger partial charge in [-0.25, -0.2) is 23.0 Å². The van der Waals surface area contributed by atoms with Crippen molar-refractivity contribution in [2.24, 2.45) is 4.99 Å². The normalized spacial score (nSPS) is 12.1. The zero-order valence-electron chi connectivity index (χ0n) is 19.7. The molecule has 2 heterocycles. The molecule has 8 nitrogen and oxygen atoms in total. The maximum Gasteiger partial charge on any atom is 0.265 e. The molecule has 4 aromatic rings. The lowest BCUT2D eigenvalue weighted by atomic mass is 10.1. The van der Waals surface area contributed by atoms with Gasteiger partial charge in [0.15, 0.2) is 5.82 Å². The molecule has 180 valence electrons. The Labute approximate surface area is 203 Å². The molecule has 0 saturated carbocycles. The van der Waals surface area contributed by atoms with Crippen LogP contribution in [0.2, 0.25) is 0 Å². The van der Waals surface area contributed by atoms with Crippen molar-refractivity contribution in [3.05, 3.63) is 88.3 Å². The minimum atomic E-state index is -3.76. The Morgan fingerprint density at radius 3 is 2.37 bits per heavy atom. The van der Waals surface area contributed by atoms with E-state index in [1.807, 2.05) is 19.1 Å². The SMILES string of the molecule is CCN(CC)S(=O)(=O)c1cccc(-n2c(O)c(C=Nc3cccc(C)n3)c3ccccc3c2=O)c1. The van der Waals surface area contributed by atoms with Gasteiger partial charge < -0.3 is 5.11 Å². The third-order valence-electron chi connectivity index (χ3n) is 5.72. The molecule has 0 aliphatic carbocycles. The summed E-state index contributed by atoms with van der Waals surface area (Å²) in [5.74, 6) is 0.112. The van der Waals surface area contributed by atoms with Crippen molar-refractivity contribution in [2.45, 2.75) is 25.7 Å². The maximum atomic E-state index is 13.4. The molecule has 9 heteroatoms. The molecule has 0 fully saturated rings. The van der Waals surface area contributed by atoms with Gasteiger partial charge in [0, 0.05) is 35.8 Å². The van der Waals surface area contributed by atoms with Crippen LogP contribution in [0.1, 0.15) is 25.1 Å². The first-order valence-corrected chi connectivity index (χ1v) is 12.7. The smallest absolute Gasteiger partial charge is 0.265 e. The van der Waals surface area contributed by atoms with Crippen LogP contribution < -0.4 is 5.56 Å². The van der Waals surface area contributed by atoms with Gasteiger partial charge >= 0.3 is 0 Å². The second kappa shape index (κ2) is 9.81. The second-order valence-corrected chi connectivity index (χ2v) is 9.84. The third kappa shape index (κ3) is 4.60. The second-order valence-electron chi connectivity index (χ2n) is 7.91. The van der Waals surface area contributed by atoms with Crippen molar-refractivity contribution in [1.29, 1.82) is 0 Å². The molecule has 35 heavy (non-hydrogen) atoms. The predicted molar refractivity (Wildman–Crippen MR) is 138 cm³/mol. The molecule has 0 amide bonds. The number of benzene rings is 2. The van der Waals surface area contributed by atoms with E-state index in [1.54, 1.807) is 56.3 Å². The molecular formula is C26H26N4O4S. The Kier molecular flexibility index (Phi) is 6.81. The number of hydrogen-bond acceptors (Lipinski definition) is 6. The molecule has 0 radical (unpaired) electrons. The summed E-state index contributed by atoms with van der Waals surface area (Å²) < 4.78 is 28.6.